The quantitative estimate of drug-likeness (QED) is 0.286. The van der Waals surface area contributed by atoms with Crippen LogP contribution in [0.1, 0.15) is 4.28 Å². The minimum Gasteiger partial charge on any atom is -1.00 e. The maximum Gasteiger partial charge on any atom is 2.00 e. The molecule has 0 aliphatic carbocycles. The molecule has 0 amide bonds. The Hall–Kier alpha value is 2.20. The normalized spacial score (nSPS) is 4.50. The van der Waals surface area contributed by atoms with Gasteiger partial charge < -0.3 is 19.4 Å². The molecule has 0 heterocycles. The van der Waals surface area contributed by atoms with Gasteiger partial charge in [0, 0.05) is 0 Å². The molecule has 0 rings (SSSR count). The van der Waals surface area contributed by atoms with E-state index in [1.54, 1.807) is 0 Å². The zero-order valence-corrected chi connectivity index (χ0v) is 7.83. The van der Waals surface area contributed by atoms with Crippen molar-refractivity contribution in [1.29, 1.82) is 0 Å². The molecule has 0 saturated heterocycles. The zero-order chi connectivity index (χ0) is 3.58. The van der Waals surface area contributed by atoms with E-state index >= 15 is 0 Å². The minimum atomic E-state index is -2.17. The van der Waals surface area contributed by atoms with Gasteiger partial charge in [-0.2, -0.15) is 0 Å². The second-order valence-electron chi connectivity index (χ2n) is 0.346. The van der Waals surface area contributed by atoms with Crippen molar-refractivity contribution in [2.75, 3.05) is 0 Å². The first-order chi connectivity index (χ1) is 1.73. The third kappa shape index (κ3) is 34.6. The first-order valence-corrected chi connectivity index (χ1v) is 0.775. The van der Waals surface area contributed by atoms with Gasteiger partial charge in [0.15, 0.2) is 0 Å². The predicted molar refractivity (Wildman–Crippen MR) is 21.5 cm³/mol. The first kappa shape index (κ1) is 15.7. The summed E-state index contributed by atoms with van der Waals surface area (Å²) >= 11 is 0. The molecule has 3 nitrogen and oxygen atoms in total. The molecule has 0 bridgehead atoms. The van der Waals surface area contributed by atoms with Crippen LogP contribution in [0.15, 0.2) is 0 Å². The predicted octanol–water partition coefficient (Wildman–Crippen LogP) is -5.09. The Labute approximate surface area is 92.7 Å². The van der Waals surface area contributed by atoms with Crippen LogP contribution < -0.4 is 29.6 Å². The van der Waals surface area contributed by atoms with E-state index in [0.717, 1.165) is 0 Å². The van der Waals surface area contributed by atoms with E-state index in [2.05, 4.69) is 0 Å². The van der Waals surface area contributed by atoms with E-state index in [1.165, 1.54) is 0 Å². The molecule has 0 fully saturated rings. The Bertz CT molecular complexity index is 23.8. The maximum atomic E-state index is 7.17. The number of hydrogen-bond donors (Lipinski definition) is 3. The van der Waals surface area contributed by atoms with Crippen LogP contribution in [0, 0.1) is 0 Å². The van der Waals surface area contributed by atoms with Gasteiger partial charge in [0.25, 0.3) is 0 Å². The van der Waals surface area contributed by atoms with Crippen molar-refractivity contribution < 1.29 is 48.9 Å². The standard InChI is InChI=1S/BH3O3.Ca.Na.3H/c2-1(3)4;;;;;/h2-4H;;;;;/q;+2;+1;3*-1. The fraction of sp³-hybridized carbons (Fsp3) is 0. The fourth-order valence-corrected chi connectivity index (χ4v) is 0. The Kier molecular flexibility index (Phi) is 26.8. The molecule has 30 valence electrons. The third-order valence-corrected chi connectivity index (χ3v) is 0. The van der Waals surface area contributed by atoms with E-state index in [9.17, 15) is 0 Å². The molecule has 0 aromatic rings. The molecular formula is H6BCaNaO3. The van der Waals surface area contributed by atoms with Crippen LogP contribution in [0.5, 0.6) is 0 Å². The van der Waals surface area contributed by atoms with Crippen molar-refractivity contribution in [3.63, 3.8) is 0 Å². The summed E-state index contributed by atoms with van der Waals surface area (Å²) in [5.41, 5.74) is 0. The maximum absolute atomic E-state index is 7.17. The number of rotatable bonds is 0. The minimum absolute atomic E-state index is 0. The van der Waals surface area contributed by atoms with E-state index < -0.39 is 7.32 Å². The van der Waals surface area contributed by atoms with Crippen molar-refractivity contribution in [1.82, 2.24) is 0 Å². The Morgan fingerprint density at radius 2 is 1.17 bits per heavy atom. The second kappa shape index (κ2) is 10.2. The zero-order valence-electron chi connectivity index (χ0n) is 6.63. The molecule has 0 aromatic carbocycles. The van der Waals surface area contributed by atoms with Crippen LogP contribution in [0.4, 0.5) is 0 Å². The molecule has 6 heavy (non-hydrogen) atoms. The largest absolute Gasteiger partial charge is 2.00 e. The Morgan fingerprint density at radius 1 is 1.17 bits per heavy atom. The van der Waals surface area contributed by atoms with Gasteiger partial charge in [0.1, 0.15) is 0 Å². The van der Waals surface area contributed by atoms with Crippen LogP contribution in [0.25, 0.3) is 0 Å². The van der Waals surface area contributed by atoms with E-state index in [-0.39, 0.29) is 71.6 Å². The van der Waals surface area contributed by atoms with Crippen LogP contribution in [0.2, 0.25) is 0 Å². The molecule has 3 N–H and O–H groups in total. The summed E-state index contributed by atoms with van der Waals surface area (Å²) in [6.45, 7) is 0. The monoisotopic (exact) mass is 128 g/mol. The summed E-state index contributed by atoms with van der Waals surface area (Å²) in [7, 11) is -2.17. The molecular weight excluding hydrogens is 122 g/mol. The number of hydrogen-bond acceptors (Lipinski definition) is 3. The average molecular weight is 128 g/mol. The second-order valence-corrected chi connectivity index (χ2v) is 0.346. The van der Waals surface area contributed by atoms with Crippen molar-refractivity contribution >= 4 is 45.1 Å². The molecule has 0 unspecified atom stereocenters. The fourth-order valence-electron chi connectivity index (χ4n) is 0. The Balaban J connectivity index is -0.00000000450. The van der Waals surface area contributed by atoms with Crippen molar-refractivity contribution in [2.45, 2.75) is 0 Å². The van der Waals surface area contributed by atoms with Crippen molar-refractivity contribution in [3.8, 4) is 0 Å². The average Bonchev–Trinajstić information content (AvgIpc) is 0.811. The van der Waals surface area contributed by atoms with Gasteiger partial charge in [-0.05, 0) is 0 Å². The van der Waals surface area contributed by atoms with Gasteiger partial charge in [-0.1, -0.05) is 0 Å². The van der Waals surface area contributed by atoms with Crippen LogP contribution in [-0.4, -0.2) is 60.1 Å². The van der Waals surface area contributed by atoms with Gasteiger partial charge >= 0.3 is 74.6 Å². The van der Waals surface area contributed by atoms with Crippen LogP contribution in [0.3, 0.4) is 0 Å². The molecule has 0 atom stereocenters. The SMILES string of the molecule is OB(O)O.[Ca+2].[H-].[H-].[H-].[Na+]. The third-order valence-electron chi connectivity index (χ3n) is 0. The van der Waals surface area contributed by atoms with E-state index in [0.29, 0.717) is 0 Å². The topological polar surface area (TPSA) is 60.7 Å². The molecule has 6 heteroatoms. The first-order valence-electron chi connectivity index (χ1n) is 0.775. The van der Waals surface area contributed by atoms with Crippen LogP contribution >= 0.6 is 0 Å². The van der Waals surface area contributed by atoms with Gasteiger partial charge in [-0.25, -0.2) is 0 Å². The molecule has 0 aliphatic heterocycles. The van der Waals surface area contributed by atoms with Gasteiger partial charge in [0.2, 0.25) is 0 Å². The summed E-state index contributed by atoms with van der Waals surface area (Å²) in [5.74, 6) is 0. The molecule has 0 aromatic heterocycles. The summed E-state index contributed by atoms with van der Waals surface area (Å²) in [5, 5.41) is 21.5. The van der Waals surface area contributed by atoms with Crippen molar-refractivity contribution in [3.05, 3.63) is 0 Å². The summed E-state index contributed by atoms with van der Waals surface area (Å²) in [6, 6.07) is 0. The summed E-state index contributed by atoms with van der Waals surface area (Å²) in [4.78, 5) is 0. The van der Waals surface area contributed by atoms with Gasteiger partial charge in [0.05, 0.1) is 0 Å². The van der Waals surface area contributed by atoms with Crippen LogP contribution in [-0.2, 0) is 0 Å². The molecule has 0 aliphatic rings. The van der Waals surface area contributed by atoms with E-state index in [1.807, 2.05) is 0 Å². The summed E-state index contributed by atoms with van der Waals surface area (Å²) < 4.78 is 0. The molecule has 0 saturated carbocycles. The van der Waals surface area contributed by atoms with E-state index in [4.69, 9.17) is 15.1 Å². The molecule has 0 spiro atoms. The molecule has 0 radical (unpaired) electrons. The summed E-state index contributed by atoms with van der Waals surface area (Å²) in [6.07, 6.45) is 0. The van der Waals surface area contributed by atoms with Gasteiger partial charge in [-0.3, -0.25) is 0 Å². The smallest absolute Gasteiger partial charge is 1.00 e. The van der Waals surface area contributed by atoms with Crippen molar-refractivity contribution in [2.24, 2.45) is 0 Å². The Morgan fingerprint density at radius 3 is 1.17 bits per heavy atom. The van der Waals surface area contributed by atoms with Gasteiger partial charge in [-0.15, -0.1) is 0 Å².